The van der Waals surface area contributed by atoms with Gasteiger partial charge in [-0.2, -0.15) is 0 Å². The lowest BCUT2D eigenvalue weighted by Gasteiger charge is -2.39. The van der Waals surface area contributed by atoms with Crippen molar-refractivity contribution >= 4 is 12.1 Å². The molecule has 1 aromatic rings. The number of hydrogen-bond acceptors (Lipinski definition) is 3. The van der Waals surface area contributed by atoms with Gasteiger partial charge >= 0.3 is 12.1 Å². The van der Waals surface area contributed by atoms with E-state index in [1.54, 1.807) is 0 Å². The normalized spacial score (nSPS) is 27.9. The molecule has 0 saturated heterocycles. The predicted molar refractivity (Wildman–Crippen MR) is 82.3 cm³/mol. The number of alkyl carbamates (subject to hydrolysis) is 1. The zero-order valence-corrected chi connectivity index (χ0v) is 13.0. The van der Waals surface area contributed by atoms with Crippen LogP contribution in [0.15, 0.2) is 30.3 Å². The Balaban J connectivity index is 1.96. The number of carbonyl (C=O) groups is 2. The van der Waals surface area contributed by atoms with E-state index in [1.807, 2.05) is 37.3 Å². The van der Waals surface area contributed by atoms with Crippen molar-refractivity contribution in [3.63, 3.8) is 0 Å². The third-order valence-corrected chi connectivity index (χ3v) is 4.63. The summed E-state index contributed by atoms with van der Waals surface area (Å²) in [5, 5.41) is 12.1. The highest BCUT2D eigenvalue weighted by atomic mass is 16.5. The third kappa shape index (κ3) is 3.78. The Bertz CT molecular complexity index is 531. The maximum atomic E-state index is 12.0. The van der Waals surface area contributed by atoms with Crippen LogP contribution in [0.3, 0.4) is 0 Å². The molecule has 2 rings (SSSR count). The number of carboxylic acids is 1. The number of ether oxygens (including phenoxy) is 1. The van der Waals surface area contributed by atoms with Crippen molar-refractivity contribution < 1.29 is 19.4 Å². The summed E-state index contributed by atoms with van der Waals surface area (Å²) in [4.78, 5) is 23.7. The van der Waals surface area contributed by atoms with Crippen LogP contribution in [0.2, 0.25) is 0 Å². The molecule has 1 aliphatic carbocycles. The Morgan fingerprint density at radius 2 is 1.95 bits per heavy atom. The molecule has 3 atom stereocenters. The van der Waals surface area contributed by atoms with Gasteiger partial charge in [0, 0.05) is 0 Å². The first kappa shape index (κ1) is 16.3. The molecule has 5 heteroatoms. The van der Waals surface area contributed by atoms with E-state index in [0.717, 1.165) is 12.0 Å². The van der Waals surface area contributed by atoms with Gasteiger partial charge in [0.2, 0.25) is 0 Å². The lowest BCUT2D eigenvalue weighted by molar-refractivity contribution is -0.147. The SMILES string of the molecule is C[C@@H]1CC[C@](NC(=O)OCc2ccccc2)(C(=O)O)C[C@H]1C. The molecule has 0 heterocycles. The molecule has 120 valence electrons. The van der Waals surface area contributed by atoms with Gasteiger partial charge in [0.15, 0.2) is 0 Å². The minimum absolute atomic E-state index is 0.133. The first-order valence-electron chi connectivity index (χ1n) is 7.65. The van der Waals surface area contributed by atoms with Crippen molar-refractivity contribution in [1.82, 2.24) is 5.32 Å². The summed E-state index contributed by atoms with van der Waals surface area (Å²) in [5.41, 5.74) is -0.340. The second-order valence-corrected chi connectivity index (χ2v) is 6.27. The Kier molecular flexibility index (Phi) is 5.06. The number of amides is 1. The Labute approximate surface area is 130 Å². The van der Waals surface area contributed by atoms with Gasteiger partial charge < -0.3 is 15.2 Å². The van der Waals surface area contributed by atoms with Crippen molar-refractivity contribution in [1.29, 1.82) is 0 Å². The van der Waals surface area contributed by atoms with Gasteiger partial charge in [0.25, 0.3) is 0 Å². The molecule has 1 fully saturated rings. The van der Waals surface area contributed by atoms with E-state index < -0.39 is 17.6 Å². The van der Waals surface area contributed by atoms with E-state index in [0.29, 0.717) is 18.8 Å². The van der Waals surface area contributed by atoms with Crippen LogP contribution < -0.4 is 5.32 Å². The molecule has 0 bridgehead atoms. The smallest absolute Gasteiger partial charge is 0.408 e. The second-order valence-electron chi connectivity index (χ2n) is 6.27. The van der Waals surface area contributed by atoms with Gasteiger partial charge in [-0.25, -0.2) is 9.59 Å². The fraction of sp³-hybridized carbons (Fsp3) is 0.529. The summed E-state index contributed by atoms with van der Waals surface area (Å²) in [5.74, 6) is -0.267. The van der Waals surface area contributed by atoms with E-state index in [-0.39, 0.29) is 12.5 Å². The van der Waals surface area contributed by atoms with E-state index in [2.05, 4.69) is 12.2 Å². The highest BCUT2D eigenvalue weighted by Gasteiger charge is 2.45. The number of benzene rings is 1. The van der Waals surface area contributed by atoms with Gasteiger partial charge in [0.05, 0.1) is 0 Å². The Morgan fingerprint density at radius 3 is 2.55 bits per heavy atom. The van der Waals surface area contributed by atoms with Gasteiger partial charge in [0.1, 0.15) is 12.1 Å². The lowest BCUT2D eigenvalue weighted by atomic mass is 9.71. The standard InChI is InChI=1S/C17H23NO4/c1-12-8-9-17(15(19)20,10-13(12)2)18-16(21)22-11-14-6-4-3-5-7-14/h3-7,12-13H,8-11H2,1-2H3,(H,18,21)(H,19,20)/t12-,13-,17-/m1/s1. The molecular weight excluding hydrogens is 282 g/mol. The number of carbonyl (C=O) groups excluding carboxylic acids is 1. The molecule has 0 aromatic heterocycles. The van der Waals surface area contributed by atoms with Crippen molar-refractivity contribution in [2.24, 2.45) is 11.8 Å². The average molecular weight is 305 g/mol. The summed E-state index contributed by atoms with van der Waals surface area (Å²) >= 11 is 0. The third-order valence-electron chi connectivity index (χ3n) is 4.63. The molecule has 0 unspecified atom stereocenters. The first-order valence-corrected chi connectivity index (χ1v) is 7.65. The van der Waals surface area contributed by atoms with E-state index in [9.17, 15) is 14.7 Å². The molecular formula is C17H23NO4. The van der Waals surface area contributed by atoms with Crippen molar-refractivity contribution in [2.75, 3.05) is 0 Å². The minimum atomic E-state index is -1.21. The lowest BCUT2D eigenvalue weighted by Crippen LogP contribution is -2.57. The fourth-order valence-corrected chi connectivity index (χ4v) is 2.93. The van der Waals surface area contributed by atoms with Gasteiger partial charge in [-0.3, -0.25) is 0 Å². The molecule has 5 nitrogen and oxygen atoms in total. The summed E-state index contributed by atoms with van der Waals surface area (Å²) < 4.78 is 5.15. The average Bonchev–Trinajstić information content (AvgIpc) is 2.50. The van der Waals surface area contributed by atoms with Crippen molar-refractivity contribution in [2.45, 2.75) is 45.3 Å². The summed E-state index contributed by atoms with van der Waals surface area (Å²) in [6, 6.07) is 9.31. The van der Waals surface area contributed by atoms with E-state index in [1.165, 1.54) is 0 Å². The summed E-state index contributed by atoms with van der Waals surface area (Å²) in [7, 11) is 0. The van der Waals surface area contributed by atoms with Gasteiger partial charge in [-0.15, -0.1) is 0 Å². The predicted octanol–water partition coefficient (Wildman–Crippen LogP) is 3.19. The van der Waals surface area contributed by atoms with Gasteiger partial charge in [-0.05, 0) is 36.7 Å². The van der Waals surface area contributed by atoms with Crippen LogP contribution >= 0.6 is 0 Å². The Morgan fingerprint density at radius 1 is 1.27 bits per heavy atom. The highest BCUT2D eigenvalue weighted by molar-refractivity contribution is 5.84. The maximum absolute atomic E-state index is 12.0. The molecule has 1 aromatic carbocycles. The number of hydrogen-bond donors (Lipinski definition) is 2. The topological polar surface area (TPSA) is 75.6 Å². The molecule has 2 N–H and O–H groups in total. The van der Waals surface area contributed by atoms with E-state index in [4.69, 9.17) is 4.74 Å². The maximum Gasteiger partial charge on any atom is 0.408 e. The number of carboxylic acid groups (broad SMARTS) is 1. The van der Waals surface area contributed by atoms with Crippen LogP contribution in [0.4, 0.5) is 4.79 Å². The zero-order valence-electron chi connectivity index (χ0n) is 13.0. The molecule has 1 aliphatic rings. The fourth-order valence-electron chi connectivity index (χ4n) is 2.93. The van der Waals surface area contributed by atoms with Crippen LogP contribution in [0.5, 0.6) is 0 Å². The molecule has 0 aliphatic heterocycles. The van der Waals surface area contributed by atoms with Crippen LogP contribution in [0.25, 0.3) is 0 Å². The minimum Gasteiger partial charge on any atom is -0.480 e. The summed E-state index contributed by atoms with van der Waals surface area (Å²) in [6.45, 7) is 4.27. The van der Waals surface area contributed by atoms with Crippen molar-refractivity contribution in [3.05, 3.63) is 35.9 Å². The largest absolute Gasteiger partial charge is 0.480 e. The molecule has 22 heavy (non-hydrogen) atoms. The van der Waals surface area contributed by atoms with E-state index >= 15 is 0 Å². The zero-order chi connectivity index (χ0) is 16.2. The summed E-state index contributed by atoms with van der Waals surface area (Å²) in [6.07, 6.45) is 0.984. The van der Waals surface area contributed by atoms with Crippen LogP contribution in [0.1, 0.15) is 38.7 Å². The molecule has 0 spiro atoms. The monoisotopic (exact) mass is 305 g/mol. The van der Waals surface area contributed by atoms with Crippen LogP contribution in [0, 0.1) is 11.8 Å². The molecule has 1 saturated carbocycles. The molecule has 0 radical (unpaired) electrons. The quantitative estimate of drug-likeness (QED) is 0.895. The number of aliphatic carboxylic acids is 1. The first-order chi connectivity index (χ1) is 10.4. The van der Waals surface area contributed by atoms with Gasteiger partial charge in [-0.1, -0.05) is 44.2 Å². The van der Waals surface area contributed by atoms with Crippen molar-refractivity contribution in [3.8, 4) is 0 Å². The van der Waals surface area contributed by atoms with Crippen LogP contribution in [-0.4, -0.2) is 22.7 Å². The number of rotatable bonds is 4. The number of nitrogens with one attached hydrogen (secondary N) is 1. The van der Waals surface area contributed by atoms with Crippen LogP contribution in [-0.2, 0) is 16.1 Å². The second kappa shape index (κ2) is 6.81. The highest BCUT2D eigenvalue weighted by Crippen LogP contribution is 2.36. The Hall–Kier alpha value is -2.04. The molecule has 1 amide bonds.